The van der Waals surface area contributed by atoms with Gasteiger partial charge in [-0.2, -0.15) is 0 Å². The molecule has 3 aromatic carbocycles. The van der Waals surface area contributed by atoms with E-state index in [1.807, 2.05) is 37.3 Å². The van der Waals surface area contributed by atoms with E-state index in [1.165, 1.54) is 13.8 Å². The van der Waals surface area contributed by atoms with Crippen LogP contribution in [0.1, 0.15) is 32.8 Å². The van der Waals surface area contributed by atoms with E-state index in [2.05, 4.69) is 19.1 Å². The van der Waals surface area contributed by atoms with E-state index in [4.69, 9.17) is 18.6 Å². The van der Waals surface area contributed by atoms with Crippen LogP contribution in [-0.2, 0) is 4.79 Å². The maximum absolute atomic E-state index is 11.2. The van der Waals surface area contributed by atoms with Crippen LogP contribution in [0.3, 0.4) is 0 Å². The van der Waals surface area contributed by atoms with Crippen molar-refractivity contribution >= 4 is 16.9 Å². The Labute approximate surface area is 205 Å². The van der Waals surface area contributed by atoms with Crippen molar-refractivity contribution in [3.63, 3.8) is 0 Å². The number of fused-ring (bicyclic) bond motifs is 1. The largest absolute Gasteiger partial charge is 0.493 e. The molecule has 0 amide bonds. The topological polar surface area (TPSA) is 78.1 Å². The molecule has 0 aliphatic rings. The predicted molar refractivity (Wildman–Crippen MR) is 135 cm³/mol. The molecular weight excluding hydrogens is 444 g/mol. The quantitative estimate of drug-likeness (QED) is 0.270. The zero-order chi connectivity index (χ0) is 25.0. The Kier molecular flexibility index (Phi) is 7.01. The second-order valence-electron chi connectivity index (χ2n) is 9.08. The summed E-state index contributed by atoms with van der Waals surface area (Å²) >= 11 is 0. The Balaban J connectivity index is 1.32. The second kappa shape index (κ2) is 10.1. The minimum Gasteiger partial charge on any atom is -0.493 e. The van der Waals surface area contributed by atoms with Crippen molar-refractivity contribution in [3.05, 3.63) is 78.6 Å². The molecule has 4 aromatic rings. The van der Waals surface area contributed by atoms with Gasteiger partial charge in [-0.3, -0.25) is 0 Å². The lowest BCUT2D eigenvalue weighted by atomic mass is 10.0. The standard InChI is InChI=1S/C29H30O6/c1-19-16-24(17-26-27(19)25(18-33-26)21-8-6-5-7-9-21)34-20(2)14-15-32-22-10-12-23(13-11-22)35-29(3,4)28(30)31/h5-13,16-18,20H,14-15H2,1-4H3,(H,30,31)/t20-/m1/s1. The van der Waals surface area contributed by atoms with Crippen LogP contribution in [-0.4, -0.2) is 29.4 Å². The van der Waals surface area contributed by atoms with Crippen molar-refractivity contribution in [1.82, 2.24) is 0 Å². The maximum atomic E-state index is 11.2. The van der Waals surface area contributed by atoms with Gasteiger partial charge in [0.05, 0.1) is 19.0 Å². The lowest BCUT2D eigenvalue weighted by Crippen LogP contribution is -2.37. The number of carboxylic acids is 1. The number of benzene rings is 3. The molecule has 0 radical (unpaired) electrons. The van der Waals surface area contributed by atoms with Crippen LogP contribution in [0.25, 0.3) is 22.1 Å². The van der Waals surface area contributed by atoms with Gasteiger partial charge in [0.25, 0.3) is 0 Å². The Hall–Kier alpha value is -3.93. The molecule has 6 heteroatoms. The number of aliphatic carboxylic acids is 1. The molecule has 0 saturated heterocycles. The van der Waals surface area contributed by atoms with Crippen molar-refractivity contribution in [2.45, 2.75) is 45.8 Å². The molecule has 182 valence electrons. The first-order valence-corrected chi connectivity index (χ1v) is 11.6. The monoisotopic (exact) mass is 474 g/mol. The van der Waals surface area contributed by atoms with Crippen molar-refractivity contribution in [3.8, 4) is 28.4 Å². The zero-order valence-corrected chi connectivity index (χ0v) is 20.4. The summed E-state index contributed by atoms with van der Waals surface area (Å²) in [5.41, 5.74) is 2.81. The molecule has 0 bridgehead atoms. The van der Waals surface area contributed by atoms with Crippen LogP contribution in [0.15, 0.2) is 77.4 Å². The lowest BCUT2D eigenvalue weighted by molar-refractivity contribution is -0.152. The Morgan fingerprint density at radius 3 is 2.37 bits per heavy atom. The second-order valence-corrected chi connectivity index (χ2v) is 9.08. The van der Waals surface area contributed by atoms with Crippen LogP contribution in [0.2, 0.25) is 0 Å². The molecule has 1 aromatic heterocycles. The average Bonchev–Trinajstić information content (AvgIpc) is 3.25. The fourth-order valence-electron chi connectivity index (χ4n) is 3.82. The van der Waals surface area contributed by atoms with E-state index < -0.39 is 11.6 Å². The highest BCUT2D eigenvalue weighted by Crippen LogP contribution is 2.35. The molecule has 4 rings (SSSR count). The molecule has 6 nitrogen and oxygen atoms in total. The fraction of sp³-hybridized carbons (Fsp3) is 0.276. The summed E-state index contributed by atoms with van der Waals surface area (Å²) in [6.45, 7) is 7.56. The normalized spacial score (nSPS) is 12.3. The summed E-state index contributed by atoms with van der Waals surface area (Å²) in [6.07, 6.45) is 2.43. The van der Waals surface area contributed by atoms with Gasteiger partial charge in [0.15, 0.2) is 5.60 Å². The van der Waals surface area contributed by atoms with Crippen molar-refractivity contribution in [1.29, 1.82) is 0 Å². The summed E-state index contributed by atoms with van der Waals surface area (Å²) < 4.78 is 23.3. The van der Waals surface area contributed by atoms with E-state index >= 15 is 0 Å². The van der Waals surface area contributed by atoms with Crippen LogP contribution in [0.4, 0.5) is 0 Å². The number of hydrogen-bond acceptors (Lipinski definition) is 5. The first kappa shape index (κ1) is 24.2. The molecule has 0 fully saturated rings. The molecule has 35 heavy (non-hydrogen) atoms. The molecule has 0 spiro atoms. The third-order valence-electron chi connectivity index (χ3n) is 5.77. The molecule has 0 aliphatic carbocycles. The van der Waals surface area contributed by atoms with Gasteiger partial charge in [-0.1, -0.05) is 30.3 Å². The SMILES string of the molecule is Cc1cc(O[C@H](C)CCOc2ccc(OC(C)(C)C(=O)O)cc2)cc2occ(-c3ccccc3)c12. The smallest absolute Gasteiger partial charge is 0.347 e. The van der Waals surface area contributed by atoms with Gasteiger partial charge in [-0.15, -0.1) is 0 Å². The fourth-order valence-corrected chi connectivity index (χ4v) is 3.82. The van der Waals surface area contributed by atoms with Crippen LogP contribution < -0.4 is 14.2 Å². The van der Waals surface area contributed by atoms with E-state index in [0.29, 0.717) is 24.5 Å². The number of ether oxygens (including phenoxy) is 3. The molecule has 0 aliphatic heterocycles. The van der Waals surface area contributed by atoms with E-state index in [9.17, 15) is 9.90 Å². The van der Waals surface area contributed by atoms with E-state index in [-0.39, 0.29) is 6.10 Å². The van der Waals surface area contributed by atoms with Crippen LogP contribution in [0, 0.1) is 6.92 Å². The first-order valence-electron chi connectivity index (χ1n) is 11.6. The number of aryl methyl sites for hydroxylation is 1. The Bertz CT molecular complexity index is 1290. The molecule has 1 atom stereocenters. The molecular formula is C29H30O6. The van der Waals surface area contributed by atoms with Gasteiger partial charge < -0.3 is 23.7 Å². The summed E-state index contributed by atoms with van der Waals surface area (Å²) in [6, 6.07) is 21.1. The molecule has 0 saturated carbocycles. The van der Waals surface area contributed by atoms with Gasteiger partial charge in [0.1, 0.15) is 22.8 Å². The average molecular weight is 475 g/mol. The summed E-state index contributed by atoms with van der Waals surface area (Å²) in [7, 11) is 0. The first-order chi connectivity index (χ1) is 16.7. The number of rotatable bonds is 10. The summed E-state index contributed by atoms with van der Waals surface area (Å²) in [4.78, 5) is 11.2. The summed E-state index contributed by atoms with van der Waals surface area (Å²) in [5, 5.41) is 10.3. The number of furan rings is 1. The van der Waals surface area contributed by atoms with Gasteiger partial charge in [0, 0.05) is 23.4 Å². The van der Waals surface area contributed by atoms with Crippen molar-refractivity contribution in [2.75, 3.05) is 6.61 Å². The minimum atomic E-state index is -1.30. The predicted octanol–water partition coefficient (Wildman–Crippen LogP) is 6.89. The van der Waals surface area contributed by atoms with Gasteiger partial charge in [0.2, 0.25) is 0 Å². The van der Waals surface area contributed by atoms with Crippen LogP contribution >= 0.6 is 0 Å². The molecule has 1 heterocycles. The highest BCUT2D eigenvalue weighted by atomic mass is 16.5. The maximum Gasteiger partial charge on any atom is 0.347 e. The molecule has 1 N–H and O–H groups in total. The number of carbonyl (C=O) groups is 1. The highest BCUT2D eigenvalue weighted by molar-refractivity contribution is 5.97. The molecule has 0 unspecified atom stereocenters. The third-order valence-corrected chi connectivity index (χ3v) is 5.77. The van der Waals surface area contributed by atoms with Gasteiger partial charge >= 0.3 is 5.97 Å². The van der Waals surface area contributed by atoms with Gasteiger partial charge in [-0.25, -0.2) is 4.79 Å². The summed E-state index contributed by atoms with van der Waals surface area (Å²) in [5.74, 6) is 0.892. The highest BCUT2D eigenvalue weighted by Gasteiger charge is 2.29. The Morgan fingerprint density at radius 1 is 1.00 bits per heavy atom. The van der Waals surface area contributed by atoms with E-state index in [1.54, 1.807) is 30.5 Å². The van der Waals surface area contributed by atoms with Crippen molar-refractivity contribution in [2.24, 2.45) is 0 Å². The third kappa shape index (κ3) is 5.77. The zero-order valence-electron chi connectivity index (χ0n) is 20.4. The number of hydrogen-bond donors (Lipinski definition) is 1. The van der Waals surface area contributed by atoms with Gasteiger partial charge in [-0.05, 0) is 69.2 Å². The minimum absolute atomic E-state index is 0.0608. The van der Waals surface area contributed by atoms with Crippen molar-refractivity contribution < 1.29 is 28.5 Å². The number of carboxylic acid groups (broad SMARTS) is 1. The Morgan fingerprint density at radius 2 is 1.69 bits per heavy atom. The van der Waals surface area contributed by atoms with Crippen LogP contribution in [0.5, 0.6) is 17.2 Å². The lowest BCUT2D eigenvalue weighted by Gasteiger charge is -2.21. The van der Waals surface area contributed by atoms with E-state index in [0.717, 1.165) is 33.4 Å².